The van der Waals surface area contributed by atoms with Crippen molar-refractivity contribution in [2.75, 3.05) is 13.1 Å². The van der Waals surface area contributed by atoms with Crippen molar-refractivity contribution in [3.05, 3.63) is 11.6 Å². The largest absolute Gasteiger partial charge is 0.373 e. The SMILES string of the molecule is OC1CCCc2nnc(CC3CCNCC3)n21. The Morgan fingerprint density at radius 1 is 1.24 bits per heavy atom. The number of nitrogens with one attached hydrogen (secondary N) is 1. The Morgan fingerprint density at radius 3 is 2.88 bits per heavy atom. The highest BCUT2D eigenvalue weighted by Gasteiger charge is 2.24. The number of aliphatic hydroxyl groups excluding tert-OH is 1. The van der Waals surface area contributed by atoms with Gasteiger partial charge in [-0.15, -0.1) is 10.2 Å². The molecule has 0 spiro atoms. The van der Waals surface area contributed by atoms with E-state index in [0.29, 0.717) is 5.92 Å². The summed E-state index contributed by atoms with van der Waals surface area (Å²) in [6.45, 7) is 2.21. The van der Waals surface area contributed by atoms with Crippen LogP contribution in [0.15, 0.2) is 0 Å². The maximum absolute atomic E-state index is 10.0. The van der Waals surface area contributed by atoms with E-state index in [2.05, 4.69) is 15.5 Å². The lowest BCUT2D eigenvalue weighted by Gasteiger charge is -2.25. The van der Waals surface area contributed by atoms with Crippen LogP contribution in [0.25, 0.3) is 0 Å². The minimum absolute atomic E-state index is 0.398. The molecular weight excluding hydrogens is 216 g/mol. The second kappa shape index (κ2) is 4.74. The first-order valence-corrected chi connectivity index (χ1v) is 6.66. The van der Waals surface area contributed by atoms with E-state index >= 15 is 0 Å². The molecule has 0 bridgehead atoms. The van der Waals surface area contributed by atoms with Crippen molar-refractivity contribution in [3.8, 4) is 0 Å². The third-order valence-corrected chi connectivity index (χ3v) is 3.93. The van der Waals surface area contributed by atoms with Crippen LogP contribution in [-0.2, 0) is 12.8 Å². The van der Waals surface area contributed by atoms with E-state index in [0.717, 1.165) is 50.4 Å². The molecule has 0 saturated carbocycles. The Kier molecular flexibility index (Phi) is 3.11. The second-order valence-corrected chi connectivity index (χ2v) is 5.17. The minimum atomic E-state index is -0.398. The van der Waals surface area contributed by atoms with E-state index < -0.39 is 6.23 Å². The van der Waals surface area contributed by atoms with Crippen molar-refractivity contribution >= 4 is 0 Å². The zero-order valence-electron chi connectivity index (χ0n) is 10.1. The van der Waals surface area contributed by atoms with Gasteiger partial charge >= 0.3 is 0 Å². The van der Waals surface area contributed by atoms with Crippen molar-refractivity contribution in [1.29, 1.82) is 0 Å². The highest BCUT2D eigenvalue weighted by Crippen LogP contribution is 2.25. The molecule has 3 rings (SSSR count). The maximum Gasteiger partial charge on any atom is 0.135 e. The van der Waals surface area contributed by atoms with E-state index in [1.165, 1.54) is 12.8 Å². The van der Waals surface area contributed by atoms with Crippen LogP contribution in [0.5, 0.6) is 0 Å². The van der Waals surface area contributed by atoms with E-state index in [4.69, 9.17) is 0 Å². The van der Waals surface area contributed by atoms with Crippen molar-refractivity contribution in [2.45, 2.75) is 44.8 Å². The molecule has 1 aromatic heterocycles. The zero-order valence-corrected chi connectivity index (χ0v) is 10.1. The zero-order chi connectivity index (χ0) is 11.7. The van der Waals surface area contributed by atoms with Gasteiger partial charge in [-0.05, 0) is 44.7 Å². The van der Waals surface area contributed by atoms with Gasteiger partial charge in [-0.1, -0.05) is 0 Å². The van der Waals surface area contributed by atoms with E-state index in [-0.39, 0.29) is 0 Å². The lowest BCUT2D eigenvalue weighted by atomic mass is 9.94. The molecule has 5 nitrogen and oxygen atoms in total. The number of nitrogens with zero attached hydrogens (tertiary/aromatic N) is 3. The average Bonchev–Trinajstić information content (AvgIpc) is 2.75. The Bertz CT molecular complexity index is 384. The summed E-state index contributed by atoms with van der Waals surface area (Å²) in [4.78, 5) is 0. The van der Waals surface area contributed by atoms with Gasteiger partial charge in [-0.3, -0.25) is 4.57 Å². The molecule has 0 radical (unpaired) electrons. The first-order valence-electron chi connectivity index (χ1n) is 6.66. The molecule has 0 aliphatic carbocycles. The summed E-state index contributed by atoms with van der Waals surface area (Å²) in [5, 5.41) is 21.9. The molecule has 1 atom stereocenters. The van der Waals surface area contributed by atoms with E-state index in [9.17, 15) is 5.11 Å². The fraction of sp³-hybridized carbons (Fsp3) is 0.833. The number of piperidine rings is 1. The van der Waals surface area contributed by atoms with Crippen molar-refractivity contribution in [1.82, 2.24) is 20.1 Å². The summed E-state index contributed by atoms with van der Waals surface area (Å²) in [7, 11) is 0. The van der Waals surface area contributed by atoms with Crippen LogP contribution >= 0.6 is 0 Å². The van der Waals surface area contributed by atoms with Crippen LogP contribution in [0.2, 0.25) is 0 Å². The average molecular weight is 236 g/mol. The number of aryl methyl sites for hydroxylation is 1. The first kappa shape index (κ1) is 11.2. The Balaban J connectivity index is 1.76. The van der Waals surface area contributed by atoms with Crippen molar-refractivity contribution in [2.24, 2.45) is 5.92 Å². The second-order valence-electron chi connectivity index (χ2n) is 5.17. The molecule has 17 heavy (non-hydrogen) atoms. The molecule has 2 aliphatic rings. The lowest BCUT2D eigenvalue weighted by molar-refractivity contribution is 0.0740. The van der Waals surface area contributed by atoms with E-state index in [1.807, 2.05) is 4.57 Å². The summed E-state index contributed by atoms with van der Waals surface area (Å²) in [5.74, 6) is 2.64. The standard InChI is InChI=1S/C12H20N4O/c17-12-3-1-2-10-14-15-11(16(10)12)8-9-4-6-13-7-5-9/h9,12-13,17H,1-8H2. The quantitative estimate of drug-likeness (QED) is 0.791. The third kappa shape index (κ3) is 2.21. The van der Waals surface area contributed by atoms with Gasteiger partial charge in [0.25, 0.3) is 0 Å². The highest BCUT2D eigenvalue weighted by atomic mass is 16.3. The first-order chi connectivity index (χ1) is 8.34. The number of aromatic nitrogens is 3. The molecule has 1 unspecified atom stereocenters. The fourth-order valence-electron chi connectivity index (χ4n) is 2.93. The molecule has 2 aliphatic heterocycles. The summed E-state index contributed by atoms with van der Waals surface area (Å²) < 4.78 is 1.96. The van der Waals surface area contributed by atoms with Crippen LogP contribution in [0.3, 0.4) is 0 Å². The molecule has 2 N–H and O–H groups in total. The van der Waals surface area contributed by atoms with Crippen molar-refractivity contribution < 1.29 is 5.11 Å². The van der Waals surface area contributed by atoms with Gasteiger partial charge in [-0.25, -0.2) is 0 Å². The number of rotatable bonds is 2. The van der Waals surface area contributed by atoms with Gasteiger partial charge < -0.3 is 10.4 Å². The van der Waals surface area contributed by atoms with Gasteiger partial charge in [0, 0.05) is 12.8 Å². The van der Waals surface area contributed by atoms with Crippen LogP contribution < -0.4 is 5.32 Å². The monoisotopic (exact) mass is 236 g/mol. The number of aliphatic hydroxyl groups is 1. The molecular formula is C12H20N4O. The van der Waals surface area contributed by atoms with Crippen LogP contribution in [0.1, 0.15) is 43.6 Å². The molecule has 0 amide bonds. The van der Waals surface area contributed by atoms with Crippen LogP contribution in [0, 0.1) is 5.92 Å². The maximum atomic E-state index is 10.0. The number of hydrogen-bond donors (Lipinski definition) is 2. The predicted molar refractivity (Wildman–Crippen MR) is 63.5 cm³/mol. The lowest BCUT2D eigenvalue weighted by Crippen LogP contribution is -2.30. The number of fused-ring (bicyclic) bond motifs is 1. The molecule has 5 heteroatoms. The Labute approximate surface area is 101 Å². The smallest absolute Gasteiger partial charge is 0.135 e. The minimum Gasteiger partial charge on any atom is -0.373 e. The fourth-order valence-corrected chi connectivity index (χ4v) is 2.93. The van der Waals surface area contributed by atoms with Gasteiger partial charge in [0.15, 0.2) is 0 Å². The van der Waals surface area contributed by atoms with Gasteiger partial charge in [-0.2, -0.15) is 0 Å². The summed E-state index contributed by atoms with van der Waals surface area (Å²) in [5.41, 5.74) is 0. The Hall–Kier alpha value is -0.940. The molecule has 1 saturated heterocycles. The highest BCUT2D eigenvalue weighted by molar-refractivity contribution is 5.01. The summed E-state index contributed by atoms with van der Waals surface area (Å²) in [6.07, 6.45) is 5.79. The van der Waals surface area contributed by atoms with Crippen LogP contribution in [-0.4, -0.2) is 33.0 Å². The molecule has 94 valence electrons. The molecule has 1 fully saturated rings. The van der Waals surface area contributed by atoms with Gasteiger partial charge in [0.1, 0.15) is 17.9 Å². The van der Waals surface area contributed by atoms with E-state index in [1.54, 1.807) is 0 Å². The third-order valence-electron chi connectivity index (χ3n) is 3.93. The molecule has 1 aromatic rings. The number of hydrogen-bond acceptors (Lipinski definition) is 4. The topological polar surface area (TPSA) is 63.0 Å². The molecule has 0 aromatic carbocycles. The summed E-state index contributed by atoms with van der Waals surface area (Å²) >= 11 is 0. The van der Waals surface area contributed by atoms with Gasteiger partial charge in [0.2, 0.25) is 0 Å². The van der Waals surface area contributed by atoms with Gasteiger partial charge in [0.05, 0.1) is 0 Å². The molecule has 3 heterocycles. The van der Waals surface area contributed by atoms with Crippen molar-refractivity contribution in [3.63, 3.8) is 0 Å². The van der Waals surface area contributed by atoms with Crippen LogP contribution in [0.4, 0.5) is 0 Å². The Morgan fingerprint density at radius 2 is 2.06 bits per heavy atom. The summed E-state index contributed by atoms with van der Waals surface area (Å²) in [6, 6.07) is 0. The predicted octanol–water partition coefficient (Wildman–Crippen LogP) is 0.647. The normalized spacial score (nSPS) is 25.8.